The number of fused-ring (bicyclic) bond motifs is 1. The van der Waals surface area contributed by atoms with Crippen molar-refractivity contribution in [3.05, 3.63) is 48.0 Å². The summed E-state index contributed by atoms with van der Waals surface area (Å²) < 4.78 is 11.1. The number of hydrogen-bond acceptors (Lipinski definition) is 4. The Balaban J connectivity index is 1.88. The van der Waals surface area contributed by atoms with Crippen molar-refractivity contribution >= 4 is 11.8 Å². The molecule has 0 saturated carbocycles. The van der Waals surface area contributed by atoms with E-state index in [0.717, 1.165) is 26.9 Å². The van der Waals surface area contributed by atoms with Gasteiger partial charge in [-0.3, -0.25) is 0 Å². The average molecular weight is 288 g/mol. The molecule has 1 N–H and O–H groups in total. The van der Waals surface area contributed by atoms with Gasteiger partial charge in [0.1, 0.15) is 13.2 Å². The van der Waals surface area contributed by atoms with Gasteiger partial charge in [0.05, 0.1) is 6.10 Å². The van der Waals surface area contributed by atoms with E-state index >= 15 is 0 Å². The lowest BCUT2D eigenvalue weighted by molar-refractivity contribution is 0.171. The molecular formula is C16H16O3S. The number of benzene rings is 2. The van der Waals surface area contributed by atoms with Gasteiger partial charge in [-0.15, -0.1) is 0 Å². The number of aliphatic hydroxyl groups is 1. The number of ether oxygens (including phenoxy) is 2. The molecule has 0 aromatic heterocycles. The van der Waals surface area contributed by atoms with Crippen molar-refractivity contribution in [2.45, 2.75) is 22.8 Å². The smallest absolute Gasteiger partial charge is 0.162 e. The van der Waals surface area contributed by atoms with Crippen LogP contribution in [-0.2, 0) is 0 Å². The van der Waals surface area contributed by atoms with E-state index in [9.17, 15) is 5.11 Å². The van der Waals surface area contributed by atoms with Gasteiger partial charge in [0.2, 0.25) is 0 Å². The SMILES string of the molecule is C[C@@H](O)c1ccccc1Sc1ccc2c(c1)OCCO2. The minimum absolute atomic E-state index is 0.476. The zero-order valence-corrected chi connectivity index (χ0v) is 12.0. The summed E-state index contributed by atoms with van der Waals surface area (Å²) in [6.45, 7) is 2.97. The number of hydrogen-bond donors (Lipinski definition) is 1. The maximum Gasteiger partial charge on any atom is 0.162 e. The van der Waals surface area contributed by atoms with Crippen LogP contribution in [0, 0.1) is 0 Å². The van der Waals surface area contributed by atoms with E-state index in [1.54, 1.807) is 18.7 Å². The minimum Gasteiger partial charge on any atom is -0.486 e. The van der Waals surface area contributed by atoms with Crippen molar-refractivity contribution < 1.29 is 14.6 Å². The average Bonchev–Trinajstić information content (AvgIpc) is 2.47. The third-order valence-corrected chi connectivity index (χ3v) is 4.19. The highest BCUT2D eigenvalue weighted by atomic mass is 32.2. The maximum absolute atomic E-state index is 9.82. The minimum atomic E-state index is -0.476. The molecular weight excluding hydrogens is 272 g/mol. The summed E-state index contributed by atoms with van der Waals surface area (Å²) in [7, 11) is 0. The van der Waals surface area contributed by atoms with Gasteiger partial charge in [0.15, 0.2) is 11.5 Å². The zero-order valence-electron chi connectivity index (χ0n) is 11.2. The quantitative estimate of drug-likeness (QED) is 0.935. The standard InChI is InChI=1S/C16H16O3S/c1-11(17)13-4-2-3-5-16(13)20-12-6-7-14-15(10-12)19-9-8-18-14/h2-7,10-11,17H,8-9H2,1H3/t11-/m1/s1. The Morgan fingerprint density at radius 1 is 1.05 bits per heavy atom. The van der Waals surface area contributed by atoms with Crippen LogP contribution >= 0.6 is 11.8 Å². The summed E-state index contributed by atoms with van der Waals surface area (Å²) >= 11 is 1.62. The molecule has 20 heavy (non-hydrogen) atoms. The molecule has 104 valence electrons. The Kier molecular flexibility index (Phi) is 3.85. The van der Waals surface area contributed by atoms with Crippen LogP contribution < -0.4 is 9.47 Å². The highest BCUT2D eigenvalue weighted by Crippen LogP contribution is 2.38. The molecule has 1 heterocycles. The summed E-state index contributed by atoms with van der Waals surface area (Å²) in [5, 5.41) is 9.82. The molecule has 0 saturated heterocycles. The summed E-state index contributed by atoms with van der Waals surface area (Å²) in [4.78, 5) is 2.13. The van der Waals surface area contributed by atoms with Crippen molar-refractivity contribution in [2.75, 3.05) is 13.2 Å². The van der Waals surface area contributed by atoms with E-state index in [4.69, 9.17) is 9.47 Å². The fourth-order valence-electron chi connectivity index (χ4n) is 2.13. The van der Waals surface area contributed by atoms with Crippen LogP contribution in [0.4, 0.5) is 0 Å². The molecule has 4 heteroatoms. The van der Waals surface area contributed by atoms with E-state index in [1.807, 2.05) is 42.5 Å². The molecule has 0 bridgehead atoms. The molecule has 3 rings (SSSR count). The molecule has 0 unspecified atom stereocenters. The van der Waals surface area contributed by atoms with Crippen molar-refractivity contribution in [1.82, 2.24) is 0 Å². The molecule has 0 aliphatic carbocycles. The second-order valence-electron chi connectivity index (χ2n) is 4.62. The van der Waals surface area contributed by atoms with Gasteiger partial charge >= 0.3 is 0 Å². The summed E-state index contributed by atoms with van der Waals surface area (Å²) in [6, 6.07) is 13.8. The van der Waals surface area contributed by atoms with E-state index in [2.05, 4.69) is 0 Å². The Bertz CT molecular complexity index is 610. The molecule has 3 nitrogen and oxygen atoms in total. The predicted octanol–water partition coefficient (Wildman–Crippen LogP) is 3.66. The second kappa shape index (κ2) is 5.77. The first kappa shape index (κ1) is 13.3. The normalized spacial score (nSPS) is 14.9. The Labute approximate surface area is 122 Å². The van der Waals surface area contributed by atoms with E-state index in [0.29, 0.717) is 13.2 Å². The zero-order chi connectivity index (χ0) is 13.9. The molecule has 1 aliphatic rings. The third kappa shape index (κ3) is 2.76. The first-order chi connectivity index (χ1) is 9.74. The molecule has 0 spiro atoms. The van der Waals surface area contributed by atoms with Crippen LogP contribution in [0.1, 0.15) is 18.6 Å². The second-order valence-corrected chi connectivity index (χ2v) is 5.74. The molecule has 0 amide bonds. The first-order valence-corrected chi connectivity index (χ1v) is 7.40. The number of aliphatic hydroxyl groups excluding tert-OH is 1. The molecule has 1 aliphatic heterocycles. The molecule has 2 aromatic rings. The van der Waals surface area contributed by atoms with Crippen LogP contribution in [0.3, 0.4) is 0 Å². The van der Waals surface area contributed by atoms with Crippen molar-refractivity contribution in [3.63, 3.8) is 0 Å². The van der Waals surface area contributed by atoms with Crippen molar-refractivity contribution in [2.24, 2.45) is 0 Å². The molecule has 0 radical (unpaired) electrons. The Morgan fingerprint density at radius 3 is 2.60 bits per heavy atom. The Morgan fingerprint density at radius 2 is 1.80 bits per heavy atom. The fourth-order valence-corrected chi connectivity index (χ4v) is 3.19. The van der Waals surface area contributed by atoms with Crippen LogP contribution in [-0.4, -0.2) is 18.3 Å². The first-order valence-electron chi connectivity index (χ1n) is 6.58. The molecule has 1 atom stereocenters. The largest absolute Gasteiger partial charge is 0.486 e. The van der Waals surface area contributed by atoms with Gasteiger partial charge in [0.25, 0.3) is 0 Å². The topological polar surface area (TPSA) is 38.7 Å². The summed E-state index contributed by atoms with van der Waals surface area (Å²) in [5.41, 5.74) is 0.937. The highest BCUT2D eigenvalue weighted by molar-refractivity contribution is 7.99. The third-order valence-electron chi connectivity index (χ3n) is 3.11. The van der Waals surface area contributed by atoms with E-state index < -0.39 is 6.10 Å². The van der Waals surface area contributed by atoms with Crippen molar-refractivity contribution in [3.8, 4) is 11.5 Å². The maximum atomic E-state index is 9.82. The molecule has 2 aromatic carbocycles. The van der Waals surface area contributed by atoms with Gasteiger partial charge in [0, 0.05) is 9.79 Å². The van der Waals surface area contributed by atoms with Gasteiger partial charge in [-0.25, -0.2) is 0 Å². The molecule has 0 fully saturated rings. The number of rotatable bonds is 3. The van der Waals surface area contributed by atoms with Gasteiger partial charge in [-0.1, -0.05) is 30.0 Å². The van der Waals surface area contributed by atoms with E-state index in [-0.39, 0.29) is 0 Å². The summed E-state index contributed by atoms with van der Waals surface area (Å²) in [5.74, 6) is 1.58. The van der Waals surface area contributed by atoms with Crippen molar-refractivity contribution in [1.29, 1.82) is 0 Å². The van der Waals surface area contributed by atoms with E-state index in [1.165, 1.54) is 0 Å². The lowest BCUT2D eigenvalue weighted by Crippen LogP contribution is -2.15. The fraction of sp³-hybridized carbons (Fsp3) is 0.250. The Hall–Kier alpha value is -1.65. The lowest BCUT2D eigenvalue weighted by Gasteiger charge is -2.19. The van der Waals surface area contributed by atoms with Crippen LogP contribution in [0.2, 0.25) is 0 Å². The van der Waals surface area contributed by atoms with Crippen LogP contribution in [0.5, 0.6) is 11.5 Å². The van der Waals surface area contributed by atoms with Crippen LogP contribution in [0.25, 0.3) is 0 Å². The van der Waals surface area contributed by atoms with Crippen LogP contribution in [0.15, 0.2) is 52.3 Å². The lowest BCUT2D eigenvalue weighted by atomic mass is 10.1. The van der Waals surface area contributed by atoms with Gasteiger partial charge < -0.3 is 14.6 Å². The monoisotopic (exact) mass is 288 g/mol. The summed E-state index contributed by atoms with van der Waals surface area (Å²) in [6.07, 6.45) is -0.476. The van der Waals surface area contributed by atoms with Gasteiger partial charge in [-0.2, -0.15) is 0 Å². The highest BCUT2D eigenvalue weighted by Gasteiger charge is 2.13. The predicted molar refractivity (Wildman–Crippen MR) is 78.6 cm³/mol. The van der Waals surface area contributed by atoms with Gasteiger partial charge in [-0.05, 0) is 36.8 Å².